The molecule has 0 amide bonds. The summed E-state index contributed by atoms with van der Waals surface area (Å²) in [5.41, 5.74) is 1.78. The molecule has 41 heavy (non-hydrogen) atoms. The van der Waals surface area contributed by atoms with Crippen LogP contribution in [0.25, 0.3) is 0 Å². The van der Waals surface area contributed by atoms with E-state index in [-0.39, 0.29) is 30.6 Å². The first-order chi connectivity index (χ1) is 20.3. The van der Waals surface area contributed by atoms with Crippen LogP contribution in [0.3, 0.4) is 0 Å². The molecular weight excluding hydrogens is 514 g/mol. The minimum atomic E-state index is -0.461. The van der Waals surface area contributed by atoms with E-state index in [2.05, 4.69) is 54.3 Å². The van der Waals surface area contributed by atoms with E-state index in [4.69, 9.17) is 23.7 Å². The molecule has 6 heteroatoms. The average Bonchev–Trinajstić information content (AvgIpc) is 3.59. The Morgan fingerprint density at radius 2 is 1.49 bits per heavy atom. The van der Waals surface area contributed by atoms with E-state index >= 15 is 0 Å². The van der Waals surface area contributed by atoms with Crippen LogP contribution >= 0.6 is 0 Å². The maximum absolute atomic E-state index is 7.14. The number of unbranched alkanes of at least 4 members (excludes halogenated alkanes) is 9. The zero-order valence-electron chi connectivity index (χ0n) is 24.8. The van der Waals surface area contributed by atoms with Crippen molar-refractivity contribution in [2.75, 3.05) is 19.8 Å². The normalized spacial score (nSPS) is 32.9. The predicted octanol–water partition coefficient (Wildman–Crippen LogP) is 7.48. The summed E-state index contributed by atoms with van der Waals surface area (Å²) < 4.78 is 33.2. The summed E-state index contributed by atoms with van der Waals surface area (Å²) in [5, 5.41) is 0. The molecule has 7 atom stereocenters. The van der Waals surface area contributed by atoms with Crippen LogP contribution < -0.4 is 0 Å². The quantitative estimate of drug-likeness (QED) is 0.222. The predicted molar refractivity (Wildman–Crippen MR) is 159 cm³/mol. The summed E-state index contributed by atoms with van der Waals surface area (Å²) in [6.07, 6.45) is 13.8. The van der Waals surface area contributed by atoms with E-state index in [0.717, 1.165) is 31.4 Å². The molecule has 4 heterocycles. The van der Waals surface area contributed by atoms with Crippen LogP contribution in [0.2, 0.25) is 0 Å². The molecule has 4 saturated heterocycles. The van der Waals surface area contributed by atoms with E-state index in [0.29, 0.717) is 13.2 Å². The maximum Gasteiger partial charge on any atom is 0.184 e. The Morgan fingerprint density at radius 3 is 2.22 bits per heavy atom. The van der Waals surface area contributed by atoms with Crippen molar-refractivity contribution in [3.05, 3.63) is 71.8 Å². The Kier molecular flexibility index (Phi) is 10.1. The third-order valence-corrected chi connectivity index (χ3v) is 9.45. The van der Waals surface area contributed by atoms with Crippen molar-refractivity contribution in [1.29, 1.82) is 0 Å². The van der Waals surface area contributed by atoms with Gasteiger partial charge in [-0.05, 0) is 24.8 Å². The molecule has 4 aliphatic rings. The number of rotatable bonds is 14. The smallest absolute Gasteiger partial charge is 0.184 e. The van der Waals surface area contributed by atoms with Crippen molar-refractivity contribution in [1.82, 2.24) is 4.90 Å². The fraction of sp³-hybridized carbons (Fsp3) is 0.657. The van der Waals surface area contributed by atoms with Crippen LogP contribution in [0.5, 0.6) is 0 Å². The summed E-state index contributed by atoms with van der Waals surface area (Å²) in [6, 6.07) is 20.9. The highest BCUT2D eigenvalue weighted by Gasteiger charge is 2.65. The molecule has 6 rings (SSSR count). The Labute approximate surface area is 246 Å². The Hall–Kier alpha value is -1.80. The first-order valence-corrected chi connectivity index (χ1v) is 16.4. The lowest BCUT2D eigenvalue weighted by molar-refractivity contribution is -0.343. The van der Waals surface area contributed by atoms with Crippen molar-refractivity contribution >= 4 is 0 Å². The average molecular weight is 564 g/mol. The number of ether oxygens (including phenoxy) is 5. The van der Waals surface area contributed by atoms with Gasteiger partial charge in [0, 0.05) is 18.7 Å². The Morgan fingerprint density at radius 1 is 0.805 bits per heavy atom. The summed E-state index contributed by atoms with van der Waals surface area (Å²) in [5.74, 6) is 0. The first kappa shape index (κ1) is 29.3. The monoisotopic (exact) mass is 563 g/mol. The molecule has 2 aromatic carbocycles. The van der Waals surface area contributed by atoms with Crippen LogP contribution in [0.15, 0.2) is 60.7 Å². The van der Waals surface area contributed by atoms with Gasteiger partial charge in [0.1, 0.15) is 24.0 Å². The largest absolute Gasteiger partial charge is 0.351 e. The van der Waals surface area contributed by atoms with Crippen LogP contribution in [-0.2, 0) is 29.4 Å². The minimum absolute atomic E-state index is 0.0170. The van der Waals surface area contributed by atoms with Gasteiger partial charge >= 0.3 is 0 Å². The summed E-state index contributed by atoms with van der Waals surface area (Å²) in [4.78, 5) is 2.52. The number of nitrogens with zero attached hydrogens (tertiary/aromatic N) is 1. The number of hydrogen-bond acceptors (Lipinski definition) is 6. The number of benzene rings is 2. The zero-order chi connectivity index (χ0) is 27.9. The van der Waals surface area contributed by atoms with Crippen molar-refractivity contribution in [2.24, 2.45) is 0 Å². The summed E-state index contributed by atoms with van der Waals surface area (Å²) >= 11 is 0. The lowest BCUT2D eigenvalue weighted by Gasteiger charge is -2.47. The molecule has 0 saturated carbocycles. The Balaban J connectivity index is 1.10. The molecule has 2 aromatic rings. The molecule has 0 aliphatic carbocycles. The van der Waals surface area contributed by atoms with E-state index in [1.807, 2.05) is 18.2 Å². The van der Waals surface area contributed by atoms with Gasteiger partial charge in [-0.15, -0.1) is 0 Å². The molecule has 224 valence electrons. The molecule has 1 unspecified atom stereocenters. The highest BCUT2D eigenvalue weighted by Crippen LogP contribution is 2.53. The van der Waals surface area contributed by atoms with E-state index in [9.17, 15) is 0 Å². The van der Waals surface area contributed by atoms with Gasteiger partial charge in [0.2, 0.25) is 0 Å². The lowest BCUT2D eigenvalue weighted by Crippen LogP contribution is -2.63. The molecular formula is C35H49NO5. The molecule has 4 fully saturated rings. The van der Waals surface area contributed by atoms with Crippen LogP contribution in [0.4, 0.5) is 0 Å². The van der Waals surface area contributed by atoms with Gasteiger partial charge in [0.15, 0.2) is 12.6 Å². The fourth-order valence-electron chi connectivity index (χ4n) is 7.36. The third-order valence-electron chi connectivity index (χ3n) is 9.45. The maximum atomic E-state index is 7.14. The van der Waals surface area contributed by atoms with E-state index in [1.165, 1.54) is 63.4 Å². The van der Waals surface area contributed by atoms with Gasteiger partial charge in [-0.2, -0.15) is 0 Å². The van der Waals surface area contributed by atoms with Gasteiger partial charge < -0.3 is 23.7 Å². The van der Waals surface area contributed by atoms with Crippen molar-refractivity contribution in [3.63, 3.8) is 0 Å². The van der Waals surface area contributed by atoms with Crippen molar-refractivity contribution in [3.8, 4) is 0 Å². The second kappa shape index (κ2) is 14.1. The topological polar surface area (TPSA) is 49.4 Å². The van der Waals surface area contributed by atoms with Crippen molar-refractivity contribution < 1.29 is 23.7 Å². The first-order valence-electron chi connectivity index (χ1n) is 16.4. The van der Waals surface area contributed by atoms with Crippen LogP contribution in [0, 0.1) is 0 Å². The van der Waals surface area contributed by atoms with E-state index < -0.39 is 12.0 Å². The van der Waals surface area contributed by atoms with Gasteiger partial charge in [-0.3, -0.25) is 4.90 Å². The van der Waals surface area contributed by atoms with Gasteiger partial charge in [0.05, 0.1) is 12.6 Å². The Bertz CT molecular complexity index is 1050. The molecule has 0 aromatic heterocycles. The summed E-state index contributed by atoms with van der Waals surface area (Å²) in [7, 11) is 0. The molecule has 0 N–H and O–H groups in total. The molecule has 0 spiro atoms. The van der Waals surface area contributed by atoms with Gasteiger partial charge in [0.25, 0.3) is 0 Å². The second-order valence-corrected chi connectivity index (χ2v) is 12.3. The number of fused-ring (bicyclic) bond motifs is 5. The summed E-state index contributed by atoms with van der Waals surface area (Å²) in [6.45, 7) is 4.42. The van der Waals surface area contributed by atoms with E-state index in [1.54, 1.807) is 0 Å². The zero-order valence-corrected chi connectivity index (χ0v) is 24.8. The molecule has 6 nitrogen and oxygen atoms in total. The third kappa shape index (κ3) is 6.43. The highest BCUT2D eigenvalue weighted by molar-refractivity contribution is 5.27. The van der Waals surface area contributed by atoms with Crippen LogP contribution in [0.1, 0.15) is 101 Å². The lowest BCUT2D eigenvalue weighted by atomic mass is 9.95. The fourth-order valence-corrected chi connectivity index (χ4v) is 7.36. The molecule has 0 radical (unpaired) electrons. The molecule has 0 bridgehead atoms. The minimum Gasteiger partial charge on any atom is -0.351 e. The highest BCUT2D eigenvalue weighted by atomic mass is 16.8. The number of hydrogen-bond donors (Lipinski definition) is 0. The standard InChI is InChI=1S/C35H49NO5/c1-2-3-4-5-6-7-8-9-10-17-25-37-34-30-32(41-35(23-18-24-36(30)35)28-21-15-12-16-22-28)31-29(39-34)26-38-33(40-31)27-19-13-11-14-20-27/h11-16,19-22,29-34H,2-10,17-18,23-26H2,1H3/t29-,30-,31-,32+,33?,34-,35+/m1/s1. The second-order valence-electron chi connectivity index (χ2n) is 12.3. The van der Waals surface area contributed by atoms with Crippen molar-refractivity contribution in [2.45, 2.75) is 127 Å². The SMILES string of the molecule is CCCCCCCCCCCCO[C@@H]1O[C@@H]2COC(c3ccccc3)O[C@H]2[C@H]2O[C@]3(c4ccccc4)CCCN3[C@@H]12. The van der Waals surface area contributed by atoms with Gasteiger partial charge in [-0.1, -0.05) is 125 Å². The van der Waals surface area contributed by atoms with Gasteiger partial charge in [-0.25, -0.2) is 0 Å². The molecule has 4 aliphatic heterocycles. The van der Waals surface area contributed by atoms with Crippen LogP contribution in [-0.4, -0.2) is 55.3 Å².